The molecule has 5 nitrogen and oxygen atoms in total. The number of nitro benzene ring substituents is 1. The molecule has 0 aliphatic heterocycles. The van der Waals surface area contributed by atoms with E-state index in [0.717, 1.165) is 5.56 Å². The van der Waals surface area contributed by atoms with Crippen LogP contribution in [-0.4, -0.2) is 9.91 Å². The Morgan fingerprint density at radius 3 is 2.72 bits per heavy atom. The maximum atomic E-state index is 13.0. The van der Waals surface area contributed by atoms with E-state index in [-0.39, 0.29) is 11.5 Å². The molecule has 0 atom stereocenters. The molecule has 7 heteroatoms. The first kappa shape index (κ1) is 16.5. The summed E-state index contributed by atoms with van der Waals surface area (Å²) >= 11 is 1.28. The van der Waals surface area contributed by atoms with Crippen LogP contribution in [-0.2, 0) is 0 Å². The van der Waals surface area contributed by atoms with Crippen molar-refractivity contribution in [3.63, 3.8) is 0 Å². The number of allylic oxidation sites excluding steroid dienone is 1. The predicted molar refractivity (Wildman–Crippen MR) is 94.1 cm³/mol. The summed E-state index contributed by atoms with van der Waals surface area (Å²) in [5.74, 6) is -0.331. The zero-order chi connectivity index (χ0) is 17.8. The normalized spacial score (nSPS) is 11.1. The summed E-state index contributed by atoms with van der Waals surface area (Å²) < 4.78 is 13.0. The number of nitro groups is 1. The summed E-state index contributed by atoms with van der Waals surface area (Å²) in [6, 6.07) is 14.0. The second-order valence-electron chi connectivity index (χ2n) is 5.07. The maximum absolute atomic E-state index is 13.0. The van der Waals surface area contributed by atoms with Crippen molar-refractivity contribution in [2.75, 3.05) is 0 Å². The molecule has 0 N–H and O–H groups in total. The molecular formula is C18H10FN3O2S. The van der Waals surface area contributed by atoms with Crippen LogP contribution in [0.1, 0.15) is 10.6 Å². The van der Waals surface area contributed by atoms with Crippen LogP contribution in [0.15, 0.2) is 53.9 Å². The van der Waals surface area contributed by atoms with Gasteiger partial charge in [-0.05, 0) is 35.9 Å². The second kappa shape index (κ2) is 7.03. The molecule has 0 bridgehead atoms. The highest BCUT2D eigenvalue weighted by Gasteiger charge is 2.10. The Labute approximate surface area is 146 Å². The molecule has 0 aliphatic rings. The van der Waals surface area contributed by atoms with Crippen LogP contribution >= 0.6 is 11.3 Å². The SMILES string of the molecule is N#CC(=Cc1cccc([N+](=O)[O-])c1)c1nc(-c2ccc(F)cc2)cs1. The molecular weight excluding hydrogens is 341 g/mol. The number of hydrogen-bond acceptors (Lipinski definition) is 5. The molecule has 3 aromatic rings. The van der Waals surface area contributed by atoms with Gasteiger partial charge in [-0.25, -0.2) is 9.37 Å². The molecule has 0 spiro atoms. The summed E-state index contributed by atoms with van der Waals surface area (Å²) in [6.07, 6.45) is 1.56. The van der Waals surface area contributed by atoms with Crippen LogP contribution in [0.5, 0.6) is 0 Å². The molecule has 1 heterocycles. The second-order valence-corrected chi connectivity index (χ2v) is 5.92. The molecule has 0 fully saturated rings. The fourth-order valence-corrected chi connectivity index (χ4v) is 2.98. The number of benzene rings is 2. The van der Waals surface area contributed by atoms with Gasteiger partial charge in [-0.1, -0.05) is 12.1 Å². The number of halogens is 1. The molecule has 3 rings (SSSR count). The van der Waals surface area contributed by atoms with E-state index in [1.54, 1.807) is 35.7 Å². The van der Waals surface area contributed by atoms with Crippen molar-refractivity contribution in [1.29, 1.82) is 5.26 Å². The first-order valence-electron chi connectivity index (χ1n) is 7.15. The molecule has 0 radical (unpaired) electrons. The summed E-state index contributed by atoms with van der Waals surface area (Å²) in [7, 11) is 0. The monoisotopic (exact) mass is 351 g/mol. The molecule has 2 aromatic carbocycles. The Bertz CT molecular complexity index is 1000. The Kier molecular flexibility index (Phi) is 4.64. The van der Waals surface area contributed by atoms with Crippen LogP contribution in [0.2, 0.25) is 0 Å². The van der Waals surface area contributed by atoms with Crippen molar-refractivity contribution in [3.05, 3.63) is 80.4 Å². The summed E-state index contributed by atoms with van der Waals surface area (Å²) in [6.45, 7) is 0. The first-order chi connectivity index (χ1) is 12.1. The van der Waals surface area contributed by atoms with Crippen molar-refractivity contribution in [2.24, 2.45) is 0 Å². The van der Waals surface area contributed by atoms with Gasteiger partial charge in [0.15, 0.2) is 0 Å². The number of thiazole rings is 1. The number of aromatic nitrogens is 1. The van der Waals surface area contributed by atoms with Gasteiger partial charge >= 0.3 is 0 Å². The van der Waals surface area contributed by atoms with Crippen molar-refractivity contribution >= 4 is 28.7 Å². The fourth-order valence-electron chi connectivity index (χ4n) is 2.19. The first-order valence-corrected chi connectivity index (χ1v) is 8.03. The van der Waals surface area contributed by atoms with Crippen molar-refractivity contribution in [3.8, 4) is 17.3 Å². The van der Waals surface area contributed by atoms with Gasteiger partial charge < -0.3 is 0 Å². The lowest BCUT2D eigenvalue weighted by molar-refractivity contribution is -0.384. The lowest BCUT2D eigenvalue weighted by Gasteiger charge is -1.97. The van der Waals surface area contributed by atoms with E-state index in [9.17, 15) is 19.8 Å². The van der Waals surface area contributed by atoms with Crippen molar-refractivity contribution < 1.29 is 9.31 Å². The Hall–Kier alpha value is -3.37. The fraction of sp³-hybridized carbons (Fsp3) is 0. The maximum Gasteiger partial charge on any atom is 0.270 e. The van der Waals surface area contributed by atoms with Crippen LogP contribution in [0.4, 0.5) is 10.1 Å². The minimum absolute atomic E-state index is 0.0443. The van der Waals surface area contributed by atoms with Gasteiger partial charge in [0.25, 0.3) is 5.69 Å². The van der Waals surface area contributed by atoms with E-state index in [1.165, 1.54) is 35.6 Å². The quantitative estimate of drug-likeness (QED) is 0.379. The highest BCUT2D eigenvalue weighted by atomic mass is 32.1. The topological polar surface area (TPSA) is 79.8 Å². The third kappa shape index (κ3) is 3.76. The molecule has 1 aromatic heterocycles. The van der Waals surface area contributed by atoms with Gasteiger partial charge in [0.05, 0.1) is 16.2 Å². The van der Waals surface area contributed by atoms with Crippen LogP contribution in [0.3, 0.4) is 0 Å². The zero-order valence-electron chi connectivity index (χ0n) is 12.7. The Morgan fingerprint density at radius 1 is 1.28 bits per heavy atom. The van der Waals surface area contributed by atoms with Gasteiger partial charge in [-0.3, -0.25) is 10.1 Å². The van der Waals surface area contributed by atoms with E-state index in [2.05, 4.69) is 11.1 Å². The lowest BCUT2D eigenvalue weighted by Crippen LogP contribution is -1.88. The molecule has 0 saturated heterocycles. The smallest absolute Gasteiger partial charge is 0.258 e. The zero-order valence-corrected chi connectivity index (χ0v) is 13.5. The highest BCUT2D eigenvalue weighted by molar-refractivity contribution is 7.11. The van der Waals surface area contributed by atoms with Gasteiger partial charge in [0.1, 0.15) is 16.9 Å². The minimum atomic E-state index is -0.487. The van der Waals surface area contributed by atoms with E-state index in [0.29, 0.717) is 21.8 Å². The standard InChI is InChI=1S/C18H10FN3O2S/c19-15-6-4-13(5-7-15)17-11-25-18(21-17)14(10-20)8-12-2-1-3-16(9-12)22(23)24/h1-9,11H. The highest BCUT2D eigenvalue weighted by Crippen LogP contribution is 2.27. The van der Waals surface area contributed by atoms with Gasteiger partial charge in [0.2, 0.25) is 0 Å². The van der Waals surface area contributed by atoms with E-state index < -0.39 is 4.92 Å². The van der Waals surface area contributed by atoms with E-state index in [4.69, 9.17) is 0 Å². The largest absolute Gasteiger partial charge is 0.270 e. The van der Waals surface area contributed by atoms with E-state index in [1.807, 2.05) is 0 Å². The number of nitriles is 1. The molecule has 0 unspecified atom stereocenters. The third-order valence-corrected chi connectivity index (χ3v) is 4.26. The van der Waals surface area contributed by atoms with E-state index >= 15 is 0 Å². The average Bonchev–Trinajstić information content (AvgIpc) is 3.10. The number of non-ortho nitro benzene ring substituents is 1. The van der Waals surface area contributed by atoms with Crippen LogP contribution in [0.25, 0.3) is 22.9 Å². The predicted octanol–water partition coefficient (Wildman–Crippen LogP) is 4.92. The number of rotatable bonds is 4. The van der Waals surface area contributed by atoms with Gasteiger partial charge in [0, 0.05) is 23.1 Å². The van der Waals surface area contributed by atoms with Crippen molar-refractivity contribution in [2.45, 2.75) is 0 Å². The molecule has 0 amide bonds. The third-order valence-electron chi connectivity index (χ3n) is 3.39. The number of hydrogen-bond donors (Lipinski definition) is 0. The van der Waals surface area contributed by atoms with Crippen LogP contribution in [0, 0.1) is 27.3 Å². The molecule has 25 heavy (non-hydrogen) atoms. The van der Waals surface area contributed by atoms with Gasteiger partial charge in [-0.15, -0.1) is 11.3 Å². The van der Waals surface area contributed by atoms with Crippen molar-refractivity contribution in [1.82, 2.24) is 4.98 Å². The Morgan fingerprint density at radius 2 is 2.04 bits per heavy atom. The number of nitrogens with zero attached hydrogens (tertiary/aromatic N) is 3. The lowest BCUT2D eigenvalue weighted by atomic mass is 10.1. The van der Waals surface area contributed by atoms with Gasteiger partial charge in [-0.2, -0.15) is 5.26 Å². The summed E-state index contributed by atoms with van der Waals surface area (Å²) in [5.41, 5.74) is 2.19. The molecule has 0 saturated carbocycles. The Balaban J connectivity index is 1.94. The summed E-state index contributed by atoms with van der Waals surface area (Å²) in [4.78, 5) is 14.8. The molecule has 0 aliphatic carbocycles. The minimum Gasteiger partial charge on any atom is -0.258 e. The summed E-state index contributed by atoms with van der Waals surface area (Å²) in [5, 5.41) is 22.5. The van der Waals surface area contributed by atoms with Crippen LogP contribution < -0.4 is 0 Å². The molecule has 122 valence electrons. The average molecular weight is 351 g/mol.